The predicted molar refractivity (Wildman–Crippen MR) is 79.1 cm³/mol. The topological polar surface area (TPSA) is 105 Å². The predicted octanol–water partition coefficient (Wildman–Crippen LogP) is 2.71. The molecule has 0 amide bonds. The third-order valence-electron chi connectivity index (χ3n) is 2.81. The van der Waals surface area contributed by atoms with Crippen LogP contribution in [0, 0.1) is 17.0 Å². The first-order valence-corrected chi connectivity index (χ1v) is 7.02. The van der Waals surface area contributed by atoms with Crippen molar-refractivity contribution in [1.29, 1.82) is 0 Å². The van der Waals surface area contributed by atoms with Crippen molar-refractivity contribution in [1.82, 2.24) is 4.98 Å². The molecule has 0 spiro atoms. The van der Waals surface area contributed by atoms with Crippen molar-refractivity contribution in [2.24, 2.45) is 0 Å². The third kappa shape index (κ3) is 3.76. The largest absolute Gasteiger partial charge is 0.478 e. The number of aromatic carboxylic acids is 1. The highest BCUT2D eigenvalue weighted by Crippen LogP contribution is 2.22. The Bertz CT molecular complexity index is 684. The quantitative estimate of drug-likeness (QED) is 0.628. The average molecular weight is 307 g/mol. The van der Waals surface area contributed by atoms with Crippen molar-refractivity contribution in [3.8, 4) is 0 Å². The fourth-order valence-electron chi connectivity index (χ4n) is 1.83. The molecule has 1 aromatic heterocycles. The lowest BCUT2D eigenvalue weighted by Crippen LogP contribution is -2.10. The molecule has 0 saturated heterocycles. The van der Waals surface area contributed by atoms with Gasteiger partial charge < -0.3 is 10.4 Å². The van der Waals surface area contributed by atoms with Gasteiger partial charge in [0.05, 0.1) is 26.9 Å². The van der Waals surface area contributed by atoms with E-state index in [1.807, 2.05) is 12.3 Å². The molecule has 1 heterocycles. The van der Waals surface area contributed by atoms with Gasteiger partial charge in [0.25, 0.3) is 5.69 Å². The minimum Gasteiger partial charge on any atom is -0.478 e. The van der Waals surface area contributed by atoms with E-state index in [9.17, 15) is 14.9 Å². The van der Waals surface area contributed by atoms with Gasteiger partial charge >= 0.3 is 5.97 Å². The Kier molecular flexibility index (Phi) is 4.49. The molecule has 2 rings (SSSR count). The van der Waals surface area contributed by atoms with Crippen LogP contribution in [0.4, 0.5) is 11.4 Å². The van der Waals surface area contributed by atoms with Crippen LogP contribution < -0.4 is 5.32 Å². The van der Waals surface area contributed by atoms with Gasteiger partial charge in [0.15, 0.2) is 0 Å². The van der Waals surface area contributed by atoms with Gasteiger partial charge in [-0.15, -0.1) is 11.3 Å². The average Bonchev–Trinajstić information content (AvgIpc) is 2.84. The third-order valence-corrected chi connectivity index (χ3v) is 3.63. The van der Waals surface area contributed by atoms with E-state index in [0.29, 0.717) is 13.0 Å². The Hall–Kier alpha value is -2.48. The van der Waals surface area contributed by atoms with Crippen molar-refractivity contribution < 1.29 is 14.8 Å². The summed E-state index contributed by atoms with van der Waals surface area (Å²) in [5, 5.41) is 25.7. The van der Waals surface area contributed by atoms with Gasteiger partial charge in [-0.25, -0.2) is 9.78 Å². The van der Waals surface area contributed by atoms with Crippen LogP contribution in [-0.4, -0.2) is 27.5 Å². The number of non-ortho nitro benzene ring substituents is 1. The van der Waals surface area contributed by atoms with E-state index in [2.05, 4.69) is 10.3 Å². The molecule has 0 aliphatic carbocycles. The molecule has 110 valence electrons. The molecule has 2 N–H and O–H groups in total. The van der Waals surface area contributed by atoms with Gasteiger partial charge in [-0.05, 0) is 13.0 Å². The van der Waals surface area contributed by atoms with Crippen LogP contribution in [0.15, 0.2) is 23.6 Å². The fourth-order valence-corrected chi connectivity index (χ4v) is 2.47. The highest BCUT2D eigenvalue weighted by atomic mass is 32.1. The van der Waals surface area contributed by atoms with Crippen molar-refractivity contribution in [3.63, 3.8) is 0 Å². The second-order valence-corrected chi connectivity index (χ2v) is 5.39. The smallest absolute Gasteiger partial charge is 0.337 e. The Morgan fingerprint density at radius 1 is 1.52 bits per heavy atom. The highest BCUT2D eigenvalue weighted by Gasteiger charge is 2.15. The summed E-state index contributed by atoms with van der Waals surface area (Å²) >= 11 is 1.54. The maximum absolute atomic E-state index is 11.1. The normalized spacial score (nSPS) is 10.3. The van der Waals surface area contributed by atoms with Gasteiger partial charge in [-0.3, -0.25) is 10.1 Å². The van der Waals surface area contributed by atoms with Gasteiger partial charge in [-0.2, -0.15) is 0 Å². The van der Waals surface area contributed by atoms with Crippen LogP contribution in [0.5, 0.6) is 0 Å². The molecule has 1 aromatic carbocycles. The fraction of sp³-hybridized carbons (Fsp3) is 0.231. The summed E-state index contributed by atoms with van der Waals surface area (Å²) in [6.07, 6.45) is 0.617. The van der Waals surface area contributed by atoms with E-state index >= 15 is 0 Å². The number of hydrogen-bond acceptors (Lipinski definition) is 6. The molecule has 0 aliphatic rings. The number of anilines is 1. The number of carboxylic acid groups (broad SMARTS) is 1. The summed E-state index contributed by atoms with van der Waals surface area (Å²) < 4.78 is 0. The van der Waals surface area contributed by atoms with Crippen LogP contribution in [0.3, 0.4) is 0 Å². The van der Waals surface area contributed by atoms with Gasteiger partial charge in [0, 0.05) is 30.5 Å². The number of aromatic nitrogens is 1. The van der Waals surface area contributed by atoms with Crippen LogP contribution in [0.25, 0.3) is 0 Å². The molecular weight excluding hydrogens is 294 g/mol. The second-order valence-electron chi connectivity index (χ2n) is 4.33. The summed E-state index contributed by atoms with van der Waals surface area (Å²) in [7, 11) is 0. The molecule has 0 fully saturated rings. The molecule has 0 radical (unpaired) electrons. The van der Waals surface area contributed by atoms with E-state index in [-0.39, 0.29) is 16.9 Å². The number of nitro benzene ring substituents is 1. The minimum atomic E-state index is -1.13. The zero-order chi connectivity index (χ0) is 15.4. The molecule has 0 bridgehead atoms. The number of benzene rings is 1. The number of thiazole rings is 1. The van der Waals surface area contributed by atoms with Crippen molar-refractivity contribution >= 4 is 28.7 Å². The van der Waals surface area contributed by atoms with Gasteiger partial charge in [-0.1, -0.05) is 0 Å². The van der Waals surface area contributed by atoms with Crippen LogP contribution in [0.1, 0.15) is 21.1 Å². The number of carboxylic acids is 1. The molecule has 2 aromatic rings. The first-order chi connectivity index (χ1) is 9.97. The summed E-state index contributed by atoms with van der Waals surface area (Å²) in [5.74, 6) is -1.13. The standard InChI is InChI=1S/C13H13N3O4S/c1-8-15-9(7-21-8)4-5-14-12-6-10(16(19)20)2-3-11(12)13(17)18/h2-3,6-7,14H,4-5H2,1H3,(H,17,18). The van der Waals surface area contributed by atoms with Crippen LogP contribution in [0.2, 0.25) is 0 Å². The molecule has 21 heavy (non-hydrogen) atoms. The summed E-state index contributed by atoms with van der Waals surface area (Å²) in [6.45, 7) is 2.36. The summed E-state index contributed by atoms with van der Waals surface area (Å²) in [5.41, 5.74) is 1.01. The zero-order valence-corrected chi connectivity index (χ0v) is 12.0. The molecule has 0 unspecified atom stereocenters. The molecule has 8 heteroatoms. The number of nitrogens with zero attached hydrogens (tertiary/aromatic N) is 2. The summed E-state index contributed by atoms with van der Waals surface area (Å²) in [6, 6.07) is 3.64. The highest BCUT2D eigenvalue weighted by molar-refractivity contribution is 7.09. The first kappa shape index (κ1) is 14.9. The maximum atomic E-state index is 11.1. The molecule has 0 saturated carbocycles. The maximum Gasteiger partial charge on any atom is 0.337 e. The lowest BCUT2D eigenvalue weighted by molar-refractivity contribution is -0.384. The first-order valence-electron chi connectivity index (χ1n) is 6.14. The van der Waals surface area contributed by atoms with E-state index in [1.165, 1.54) is 18.2 Å². The minimum absolute atomic E-state index is 0.00931. The SMILES string of the molecule is Cc1nc(CCNc2cc([N+](=O)[O-])ccc2C(=O)O)cs1. The van der Waals surface area contributed by atoms with Gasteiger partial charge in [0.1, 0.15) is 0 Å². The van der Waals surface area contributed by atoms with Crippen LogP contribution in [-0.2, 0) is 6.42 Å². The van der Waals surface area contributed by atoms with Gasteiger partial charge in [0.2, 0.25) is 0 Å². The monoisotopic (exact) mass is 307 g/mol. The number of carbonyl (C=O) groups is 1. The zero-order valence-electron chi connectivity index (χ0n) is 11.2. The Balaban J connectivity index is 2.11. The molecule has 0 aliphatic heterocycles. The molecular formula is C13H13N3O4S. The number of hydrogen-bond donors (Lipinski definition) is 2. The number of nitrogens with one attached hydrogen (secondary N) is 1. The Morgan fingerprint density at radius 3 is 2.86 bits per heavy atom. The van der Waals surface area contributed by atoms with Crippen molar-refractivity contribution in [2.45, 2.75) is 13.3 Å². The molecule has 0 atom stereocenters. The van der Waals surface area contributed by atoms with E-state index < -0.39 is 10.9 Å². The van der Waals surface area contributed by atoms with Crippen LogP contribution >= 0.6 is 11.3 Å². The van der Waals surface area contributed by atoms with Crippen molar-refractivity contribution in [2.75, 3.05) is 11.9 Å². The second kappa shape index (κ2) is 6.31. The Labute approximate surface area is 124 Å². The van der Waals surface area contributed by atoms with E-state index in [1.54, 1.807) is 11.3 Å². The Morgan fingerprint density at radius 2 is 2.29 bits per heavy atom. The number of nitro groups is 1. The molecule has 7 nitrogen and oxygen atoms in total. The van der Waals surface area contributed by atoms with Crippen molar-refractivity contribution in [3.05, 3.63) is 50.0 Å². The lowest BCUT2D eigenvalue weighted by atomic mass is 10.1. The number of rotatable bonds is 6. The van der Waals surface area contributed by atoms with E-state index in [0.717, 1.165) is 10.7 Å². The lowest BCUT2D eigenvalue weighted by Gasteiger charge is -2.08. The van der Waals surface area contributed by atoms with E-state index in [4.69, 9.17) is 5.11 Å². The number of aryl methyl sites for hydroxylation is 1. The summed E-state index contributed by atoms with van der Waals surface area (Å²) in [4.78, 5) is 25.6.